The molecule has 1 saturated heterocycles. The molecule has 1 N–H and O–H groups in total. The number of hydrogen-bond donors (Lipinski definition) is 1. The summed E-state index contributed by atoms with van der Waals surface area (Å²) in [5, 5.41) is 3.35. The van der Waals surface area contributed by atoms with E-state index in [1.807, 2.05) is 66.6 Å². The number of anilines is 1. The number of nitrogens with one attached hydrogen (secondary N) is 1. The van der Waals surface area contributed by atoms with Crippen LogP contribution in [0.15, 0.2) is 54.9 Å². The number of likely N-dealkylation sites (tertiary alicyclic amines) is 1. The molecule has 7 nitrogen and oxygen atoms in total. The van der Waals surface area contributed by atoms with E-state index in [4.69, 9.17) is 9.72 Å². The van der Waals surface area contributed by atoms with Gasteiger partial charge in [-0.2, -0.15) is 0 Å². The Balaban J connectivity index is 1.50. The van der Waals surface area contributed by atoms with Gasteiger partial charge in [0.25, 0.3) is 0 Å². The molecule has 170 valence electrons. The minimum atomic E-state index is 0.112. The van der Waals surface area contributed by atoms with E-state index >= 15 is 0 Å². The summed E-state index contributed by atoms with van der Waals surface area (Å²) >= 11 is 0. The van der Waals surface area contributed by atoms with Crippen LogP contribution in [0.25, 0.3) is 17.2 Å². The van der Waals surface area contributed by atoms with Crippen LogP contribution >= 0.6 is 0 Å². The Morgan fingerprint density at radius 1 is 1.27 bits per heavy atom. The normalized spacial score (nSPS) is 15.7. The lowest BCUT2D eigenvalue weighted by atomic mass is 9.96. The van der Waals surface area contributed by atoms with Gasteiger partial charge in [-0.25, -0.2) is 15.0 Å². The quantitative estimate of drug-likeness (QED) is 0.586. The van der Waals surface area contributed by atoms with Gasteiger partial charge in [0.15, 0.2) is 0 Å². The van der Waals surface area contributed by atoms with E-state index < -0.39 is 0 Å². The van der Waals surface area contributed by atoms with Gasteiger partial charge in [-0.3, -0.25) is 4.79 Å². The molecule has 0 radical (unpaired) electrons. The molecular weight excluding hydrogens is 414 g/mol. The minimum Gasteiger partial charge on any atom is -0.496 e. The highest BCUT2D eigenvalue weighted by molar-refractivity contribution is 5.74. The summed E-state index contributed by atoms with van der Waals surface area (Å²) in [6.07, 6.45) is 8.66. The van der Waals surface area contributed by atoms with Crippen molar-refractivity contribution in [2.24, 2.45) is 0 Å². The molecule has 1 atom stereocenters. The van der Waals surface area contributed by atoms with Crippen LogP contribution in [-0.2, 0) is 4.79 Å². The van der Waals surface area contributed by atoms with Gasteiger partial charge in [0.1, 0.15) is 17.4 Å². The van der Waals surface area contributed by atoms with E-state index in [0.717, 1.165) is 52.7 Å². The monoisotopic (exact) mass is 443 g/mol. The van der Waals surface area contributed by atoms with Gasteiger partial charge in [0.2, 0.25) is 5.91 Å². The van der Waals surface area contributed by atoms with Crippen LogP contribution < -0.4 is 10.1 Å². The highest BCUT2D eigenvalue weighted by Gasteiger charge is 2.28. The first-order valence-electron chi connectivity index (χ1n) is 11.1. The SMILES string of the molecule is COc1ccccc1/C=C/CNc1cc(-c2cnc(C)nc2C2CCN(C(C)=O)C2)ccn1. The van der Waals surface area contributed by atoms with Crippen molar-refractivity contribution in [2.45, 2.75) is 26.2 Å². The first-order chi connectivity index (χ1) is 16.0. The third kappa shape index (κ3) is 5.37. The molecule has 2 aromatic heterocycles. The van der Waals surface area contributed by atoms with Crippen LogP contribution in [0.4, 0.5) is 5.82 Å². The summed E-state index contributed by atoms with van der Waals surface area (Å²) in [6, 6.07) is 11.9. The Hall–Kier alpha value is -3.74. The summed E-state index contributed by atoms with van der Waals surface area (Å²) in [4.78, 5) is 27.4. The lowest BCUT2D eigenvalue weighted by Crippen LogP contribution is -2.25. The number of pyridine rings is 1. The summed E-state index contributed by atoms with van der Waals surface area (Å²) in [7, 11) is 1.67. The molecule has 1 aliphatic rings. The van der Waals surface area contributed by atoms with Crippen LogP contribution in [0.2, 0.25) is 0 Å². The molecule has 1 aromatic carbocycles. The molecule has 3 aromatic rings. The first kappa shape index (κ1) is 22.5. The number of para-hydroxylation sites is 1. The van der Waals surface area contributed by atoms with E-state index in [1.54, 1.807) is 20.2 Å². The average molecular weight is 444 g/mol. The maximum absolute atomic E-state index is 11.8. The van der Waals surface area contributed by atoms with Crippen molar-refractivity contribution in [3.8, 4) is 16.9 Å². The predicted octanol–water partition coefficient (Wildman–Crippen LogP) is 4.32. The van der Waals surface area contributed by atoms with E-state index in [-0.39, 0.29) is 11.8 Å². The number of hydrogen-bond acceptors (Lipinski definition) is 6. The standard InChI is InChI=1S/C26H29N5O2/c1-18-29-16-23(26(30-18)22-11-14-31(17-22)19(2)32)21-10-13-28-25(15-21)27-12-6-8-20-7-4-5-9-24(20)33-3/h4-10,13,15-16,22H,11-12,14,17H2,1-3H3,(H,27,28)/b8-6+. The third-order valence-corrected chi connectivity index (χ3v) is 5.87. The molecule has 1 amide bonds. The molecule has 0 spiro atoms. The molecule has 0 saturated carbocycles. The summed E-state index contributed by atoms with van der Waals surface area (Å²) in [5.41, 5.74) is 4.03. The fourth-order valence-electron chi connectivity index (χ4n) is 4.14. The molecule has 1 aliphatic heterocycles. The Bertz CT molecular complexity index is 1160. The van der Waals surface area contributed by atoms with Crippen molar-refractivity contribution in [1.82, 2.24) is 19.9 Å². The number of methoxy groups -OCH3 is 1. The summed E-state index contributed by atoms with van der Waals surface area (Å²) in [6.45, 7) is 5.62. The van der Waals surface area contributed by atoms with Crippen molar-refractivity contribution in [3.63, 3.8) is 0 Å². The summed E-state index contributed by atoms with van der Waals surface area (Å²) < 4.78 is 5.39. The van der Waals surface area contributed by atoms with Crippen molar-refractivity contribution in [1.29, 1.82) is 0 Å². The molecule has 0 aliphatic carbocycles. The van der Waals surface area contributed by atoms with Crippen LogP contribution in [0, 0.1) is 6.92 Å². The highest BCUT2D eigenvalue weighted by Crippen LogP contribution is 2.33. The zero-order chi connectivity index (χ0) is 23.2. The molecule has 3 heterocycles. The number of carbonyl (C=O) groups is 1. The van der Waals surface area contributed by atoms with Gasteiger partial charge in [-0.1, -0.05) is 30.4 Å². The van der Waals surface area contributed by atoms with Crippen LogP contribution in [0.1, 0.15) is 36.3 Å². The largest absolute Gasteiger partial charge is 0.496 e. The number of benzene rings is 1. The minimum absolute atomic E-state index is 0.112. The Labute approximate surface area is 194 Å². The molecule has 1 unspecified atom stereocenters. The van der Waals surface area contributed by atoms with E-state index in [0.29, 0.717) is 13.1 Å². The second kappa shape index (κ2) is 10.3. The third-order valence-electron chi connectivity index (χ3n) is 5.87. The first-order valence-corrected chi connectivity index (χ1v) is 11.1. The number of rotatable bonds is 7. The number of amides is 1. The fourth-order valence-corrected chi connectivity index (χ4v) is 4.14. The number of aromatic nitrogens is 3. The number of nitrogens with zero attached hydrogens (tertiary/aromatic N) is 4. The van der Waals surface area contributed by atoms with Crippen molar-refractivity contribution in [3.05, 3.63) is 71.9 Å². The summed E-state index contributed by atoms with van der Waals surface area (Å²) in [5.74, 6) is 2.68. The Morgan fingerprint density at radius 3 is 2.91 bits per heavy atom. The van der Waals surface area contributed by atoms with Crippen LogP contribution in [-0.4, -0.2) is 52.5 Å². The number of carbonyl (C=O) groups excluding carboxylic acids is 1. The van der Waals surface area contributed by atoms with E-state index in [1.165, 1.54) is 0 Å². The fraction of sp³-hybridized carbons (Fsp3) is 0.308. The van der Waals surface area contributed by atoms with Gasteiger partial charge in [0.05, 0.1) is 12.8 Å². The molecular formula is C26H29N5O2. The maximum atomic E-state index is 11.8. The van der Waals surface area contributed by atoms with E-state index in [2.05, 4.69) is 15.3 Å². The van der Waals surface area contributed by atoms with Crippen LogP contribution in [0.5, 0.6) is 5.75 Å². The van der Waals surface area contributed by atoms with Crippen LogP contribution in [0.3, 0.4) is 0 Å². The Kier molecular flexibility index (Phi) is 6.98. The Morgan fingerprint density at radius 2 is 2.12 bits per heavy atom. The van der Waals surface area contributed by atoms with Crippen molar-refractivity contribution < 1.29 is 9.53 Å². The second-order valence-electron chi connectivity index (χ2n) is 8.12. The van der Waals surface area contributed by atoms with Gasteiger partial charge < -0.3 is 15.0 Å². The lowest BCUT2D eigenvalue weighted by molar-refractivity contribution is -0.127. The number of aryl methyl sites for hydroxylation is 1. The smallest absolute Gasteiger partial charge is 0.219 e. The topological polar surface area (TPSA) is 80.2 Å². The second-order valence-corrected chi connectivity index (χ2v) is 8.12. The maximum Gasteiger partial charge on any atom is 0.219 e. The molecule has 4 rings (SSSR count). The molecule has 33 heavy (non-hydrogen) atoms. The van der Waals surface area contributed by atoms with Gasteiger partial charge in [0, 0.05) is 56.0 Å². The van der Waals surface area contributed by atoms with Crippen molar-refractivity contribution in [2.75, 3.05) is 32.1 Å². The highest BCUT2D eigenvalue weighted by atomic mass is 16.5. The zero-order valence-corrected chi connectivity index (χ0v) is 19.3. The van der Waals surface area contributed by atoms with Gasteiger partial charge in [-0.05, 0) is 37.1 Å². The lowest BCUT2D eigenvalue weighted by Gasteiger charge is -2.17. The average Bonchev–Trinajstić information content (AvgIpc) is 3.33. The molecule has 0 bridgehead atoms. The van der Waals surface area contributed by atoms with E-state index in [9.17, 15) is 4.79 Å². The van der Waals surface area contributed by atoms with Gasteiger partial charge >= 0.3 is 0 Å². The zero-order valence-electron chi connectivity index (χ0n) is 19.3. The molecule has 1 fully saturated rings. The molecule has 7 heteroatoms. The predicted molar refractivity (Wildman–Crippen MR) is 130 cm³/mol. The van der Waals surface area contributed by atoms with Crippen molar-refractivity contribution >= 4 is 17.8 Å². The van der Waals surface area contributed by atoms with Gasteiger partial charge in [-0.15, -0.1) is 0 Å². The number of ether oxygens (including phenoxy) is 1.